The molecule has 0 aliphatic rings. The highest BCUT2D eigenvalue weighted by atomic mass is 14.1. The van der Waals surface area contributed by atoms with Gasteiger partial charge in [0.1, 0.15) is 0 Å². The van der Waals surface area contributed by atoms with Crippen molar-refractivity contribution in [1.29, 1.82) is 0 Å². The van der Waals surface area contributed by atoms with Gasteiger partial charge in [-0.1, -0.05) is 112 Å². The molecule has 0 nitrogen and oxygen atoms in total. The summed E-state index contributed by atoms with van der Waals surface area (Å²) in [4.78, 5) is 0. The maximum absolute atomic E-state index is 4.12. The number of allylic oxidation sites excluding steroid dienone is 1. The third kappa shape index (κ3) is 7.06. The van der Waals surface area contributed by atoms with Crippen molar-refractivity contribution in [3.8, 4) is 11.1 Å². The lowest BCUT2D eigenvalue weighted by Crippen LogP contribution is -1.87. The molecule has 0 saturated carbocycles. The van der Waals surface area contributed by atoms with Crippen LogP contribution in [-0.2, 0) is 0 Å². The van der Waals surface area contributed by atoms with Crippen molar-refractivity contribution < 1.29 is 0 Å². The summed E-state index contributed by atoms with van der Waals surface area (Å²) < 4.78 is 0. The van der Waals surface area contributed by atoms with Crippen molar-refractivity contribution in [3.63, 3.8) is 0 Å². The molecule has 0 atom stereocenters. The number of benzene rings is 3. The van der Waals surface area contributed by atoms with Crippen LogP contribution in [0.25, 0.3) is 16.7 Å². The second-order valence-electron chi connectivity index (χ2n) is 8.16. The van der Waals surface area contributed by atoms with Crippen LogP contribution in [0, 0.1) is 13.8 Å². The van der Waals surface area contributed by atoms with Crippen LogP contribution in [0.15, 0.2) is 79.4 Å². The Labute approximate surface area is 178 Å². The van der Waals surface area contributed by atoms with Crippen LogP contribution >= 0.6 is 0 Å². The van der Waals surface area contributed by atoms with Crippen LogP contribution in [0.1, 0.15) is 68.2 Å². The summed E-state index contributed by atoms with van der Waals surface area (Å²) in [6.07, 6.45) is 3.61. The molecule has 0 heterocycles. The van der Waals surface area contributed by atoms with Crippen molar-refractivity contribution >= 4 is 5.57 Å². The van der Waals surface area contributed by atoms with Gasteiger partial charge in [-0.2, -0.15) is 0 Å². The molecule has 0 radical (unpaired) electrons. The van der Waals surface area contributed by atoms with Crippen molar-refractivity contribution in [3.05, 3.63) is 102 Å². The molecule has 0 unspecified atom stereocenters. The number of unbranched alkanes of at least 4 members (excludes halogenated alkanes) is 1. The van der Waals surface area contributed by atoms with E-state index in [2.05, 4.69) is 114 Å². The van der Waals surface area contributed by atoms with Gasteiger partial charge in [0.25, 0.3) is 0 Å². The van der Waals surface area contributed by atoms with Crippen molar-refractivity contribution in [2.75, 3.05) is 0 Å². The first-order chi connectivity index (χ1) is 13.9. The maximum Gasteiger partial charge on any atom is -0.0184 e. The average molecular weight is 385 g/mol. The lowest BCUT2D eigenvalue weighted by molar-refractivity contribution is 0.824. The van der Waals surface area contributed by atoms with Crippen LogP contribution in [0.4, 0.5) is 0 Å². The van der Waals surface area contributed by atoms with Gasteiger partial charge in [0, 0.05) is 0 Å². The molecule has 3 rings (SSSR count). The Morgan fingerprint density at radius 3 is 1.86 bits per heavy atom. The van der Waals surface area contributed by atoms with Gasteiger partial charge in [-0.05, 0) is 66.0 Å². The van der Waals surface area contributed by atoms with E-state index in [1.807, 2.05) is 0 Å². The van der Waals surface area contributed by atoms with Gasteiger partial charge >= 0.3 is 0 Å². The molecule has 152 valence electrons. The van der Waals surface area contributed by atoms with Gasteiger partial charge in [0.2, 0.25) is 0 Å². The Bertz CT molecular complexity index is 880. The van der Waals surface area contributed by atoms with E-state index in [9.17, 15) is 0 Å². The summed E-state index contributed by atoms with van der Waals surface area (Å²) in [6, 6.07) is 26.0. The van der Waals surface area contributed by atoms with Gasteiger partial charge in [0.15, 0.2) is 0 Å². The zero-order valence-electron chi connectivity index (χ0n) is 18.8. The van der Waals surface area contributed by atoms with Crippen molar-refractivity contribution in [2.24, 2.45) is 0 Å². The molecule has 29 heavy (non-hydrogen) atoms. The van der Waals surface area contributed by atoms with Gasteiger partial charge in [-0.15, -0.1) is 0 Å². The largest absolute Gasteiger partial charge is 0.0952 e. The zero-order valence-corrected chi connectivity index (χ0v) is 18.8. The summed E-state index contributed by atoms with van der Waals surface area (Å²) in [5, 5.41) is 0. The minimum absolute atomic E-state index is 0.604. The predicted octanol–water partition coefficient (Wildman–Crippen LogP) is 8.98. The molecule has 3 aromatic carbocycles. The Morgan fingerprint density at radius 2 is 1.34 bits per heavy atom. The van der Waals surface area contributed by atoms with E-state index < -0.39 is 0 Å². The topological polar surface area (TPSA) is 0 Å². The Morgan fingerprint density at radius 1 is 0.793 bits per heavy atom. The van der Waals surface area contributed by atoms with E-state index in [-0.39, 0.29) is 0 Å². The first-order valence-electron chi connectivity index (χ1n) is 10.8. The van der Waals surface area contributed by atoms with Crippen LogP contribution in [0.3, 0.4) is 0 Å². The summed E-state index contributed by atoms with van der Waals surface area (Å²) in [5.41, 5.74) is 9.24. The first-order valence-corrected chi connectivity index (χ1v) is 10.8. The smallest absolute Gasteiger partial charge is 0.0184 e. The summed E-state index contributed by atoms with van der Waals surface area (Å²) in [6.45, 7) is 15.0. The molecular formula is C29H36. The monoisotopic (exact) mass is 384 g/mol. The maximum atomic E-state index is 4.12. The van der Waals surface area contributed by atoms with Gasteiger partial charge in [0.05, 0.1) is 0 Å². The highest BCUT2D eigenvalue weighted by Gasteiger charge is 2.01. The Balaban J connectivity index is 0.000000212. The number of hydrogen-bond donors (Lipinski definition) is 0. The normalized spacial score (nSPS) is 10.4. The minimum atomic E-state index is 0.604. The fourth-order valence-corrected chi connectivity index (χ4v) is 3.30. The summed E-state index contributed by atoms with van der Waals surface area (Å²) >= 11 is 0. The lowest BCUT2D eigenvalue weighted by Gasteiger charge is -2.07. The summed E-state index contributed by atoms with van der Waals surface area (Å²) in [5.74, 6) is 0.604. The molecule has 0 spiro atoms. The third-order valence-corrected chi connectivity index (χ3v) is 5.32. The van der Waals surface area contributed by atoms with E-state index in [1.165, 1.54) is 51.8 Å². The fourth-order valence-electron chi connectivity index (χ4n) is 3.30. The third-order valence-electron chi connectivity index (χ3n) is 5.32. The predicted molar refractivity (Wildman–Crippen MR) is 130 cm³/mol. The molecule has 0 N–H and O–H groups in total. The van der Waals surface area contributed by atoms with Crippen molar-refractivity contribution in [2.45, 2.75) is 59.8 Å². The highest BCUT2D eigenvalue weighted by molar-refractivity contribution is 5.66. The minimum Gasteiger partial charge on any atom is -0.0952 e. The van der Waals surface area contributed by atoms with Crippen LogP contribution < -0.4 is 0 Å². The fraction of sp³-hybridized carbons (Fsp3) is 0.310. The van der Waals surface area contributed by atoms with Gasteiger partial charge in [-0.25, -0.2) is 0 Å². The molecule has 3 aromatic rings. The van der Waals surface area contributed by atoms with Crippen molar-refractivity contribution in [1.82, 2.24) is 0 Å². The molecule has 0 heteroatoms. The first kappa shape index (κ1) is 22.7. The molecule has 0 bridgehead atoms. The Hall–Kier alpha value is -2.60. The highest BCUT2D eigenvalue weighted by Crippen LogP contribution is 2.23. The average Bonchev–Trinajstić information content (AvgIpc) is 2.73. The molecule has 0 fully saturated rings. The zero-order chi connectivity index (χ0) is 21.2. The van der Waals surface area contributed by atoms with Crippen LogP contribution in [-0.4, -0.2) is 0 Å². The van der Waals surface area contributed by atoms with E-state index >= 15 is 0 Å². The number of hydrogen-bond acceptors (Lipinski definition) is 0. The Kier molecular flexibility index (Phi) is 8.93. The summed E-state index contributed by atoms with van der Waals surface area (Å²) in [7, 11) is 0. The molecular weight excluding hydrogens is 348 g/mol. The van der Waals surface area contributed by atoms with Gasteiger partial charge in [-0.3, -0.25) is 0 Å². The van der Waals surface area contributed by atoms with E-state index in [4.69, 9.17) is 0 Å². The van der Waals surface area contributed by atoms with Crippen LogP contribution in [0.2, 0.25) is 0 Å². The van der Waals surface area contributed by atoms with E-state index in [0.717, 1.165) is 6.42 Å². The van der Waals surface area contributed by atoms with E-state index in [1.54, 1.807) is 0 Å². The molecule has 0 aromatic heterocycles. The molecule has 0 aliphatic carbocycles. The van der Waals surface area contributed by atoms with E-state index in [0.29, 0.717) is 5.92 Å². The van der Waals surface area contributed by atoms with Crippen LogP contribution in [0.5, 0.6) is 0 Å². The number of rotatable bonds is 6. The number of aryl methyl sites for hydroxylation is 2. The second-order valence-corrected chi connectivity index (χ2v) is 8.16. The molecule has 0 aliphatic heterocycles. The second kappa shape index (κ2) is 11.4. The quantitative estimate of drug-likeness (QED) is 0.398. The SMILES string of the molecule is C=C(CCCC)c1ccccc1C.Cc1ccc(-c2ccc(C(C)C)cc2)cc1. The lowest BCUT2D eigenvalue weighted by atomic mass is 9.98. The molecule has 0 amide bonds. The molecule has 0 saturated heterocycles. The standard InChI is InChI=1S/C16H18.C13H18/c1-12(2)14-8-10-16(11-9-14)15-6-4-13(3)5-7-15;1-4-5-8-11(2)13-10-7-6-9-12(13)3/h4-12H,1-3H3;6-7,9-10H,2,4-5,8H2,1,3H3. The van der Waals surface area contributed by atoms with Gasteiger partial charge < -0.3 is 0 Å².